The van der Waals surface area contributed by atoms with Gasteiger partial charge in [0.15, 0.2) is 17.3 Å². The third-order valence-corrected chi connectivity index (χ3v) is 5.76. The van der Waals surface area contributed by atoms with Gasteiger partial charge in [0.05, 0.1) is 37.4 Å². The van der Waals surface area contributed by atoms with Crippen molar-refractivity contribution < 1.29 is 19.1 Å². The smallest absolute Gasteiger partial charge is 0.228 e. The first-order valence-corrected chi connectivity index (χ1v) is 10.0. The lowest BCUT2D eigenvalue weighted by atomic mass is 9.85. The van der Waals surface area contributed by atoms with Gasteiger partial charge in [-0.3, -0.25) is 14.6 Å². The fraction of sp³-hybridized carbons (Fsp3) is 0.240. The first-order valence-electron chi connectivity index (χ1n) is 10.0. The first-order chi connectivity index (χ1) is 15.0. The molecule has 0 saturated heterocycles. The lowest BCUT2D eigenvalue weighted by Crippen LogP contribution is -2.28. The number of carbonyl (C=O) groups excluding carboxylic acids is 2. The molecule has 0 bridgehead atoms. The summed E-state index contributed by atoms with van der Waals surface area (Å²) >= 11 is 0. The monoisotopic (exact) mass is 416 g/mol. The molecular weight excluding hydrogens is 392 g/mol. The largest absolute Gasteiger partial charge is 0.493 e. The predicted molar refractivity (Wildman–Crippen MR) is 118 cm³/mol. The van der Waals surface area contributed by atoms with E-state index in [-0.39, 0.29) is 11.7 Å². The van der Waals surface area contributed by atoms with Crippen molar-refractivity contribution in [2.24, 2.45) is 5.92 Å². The zero-order valence-corrected chi connectivity index (χ0v) is 17.7. The fourth-order valence-electron chi connectivity index (χ4n) is 4.10. The van der Waals surface area contributed by atoms with Crippen molar-refractivity contribution in [3.8, 4) is 11.5 Å². The molecule has 1 aliphatic carbocycles. The molecule has 0 spiro atoms. The molecule has 2 atom stereocenters. The minimum atomic E-state index is -0.914. The molecule has 2 aromatic carbocycles. The molecule has 2 unspecified atom stereocenters. The summed E-state index contributed by atoms with van der Waals surface area (Å²) in [6, 6.07) is 16.4. The van der Waals surface area contributed by atoms with E-state index in [1.54, 1.807) is 37.7 Å². The number of carbonyl (C=O) groups is 2. The summed E-state index contributed by atoms with van der Waals surface area (Å²) in [5.41, 5.74) is 1.97. The van der Waals surface area contributed by atoms with Gasteiger partial charge in [-0.25, -0.2) is 0 Å². The van der Waals surface area contributed by atoms with E-state index in [1.807, 2.05) is 43.3 Å². The summed E-state index contributed by atoms with van der Waals surface area (Å²) in [7, 11) is 3.08. The Bertz CT molecular complexity index is 1130. The Morgan fingerprint density at radius 2 is 1.74 bits per heavy atom. The molecule has 1 fully saturated rings. The van der Waals surface area contributed by atoms with Gasteiger partial charge in [0.1, 0.15) is 0 Å². The van der Waals surface area contributed by atoms with Crippen LogP contribution in [0.1, 0.15) is 27.9 Å². The Balaban J connectivity index is 1.68. The number of aryl methyl sites for hydroxylation is 1. The van der Waals surface area contributed by atoms with Crippen LogP contribution >= 0.6 is 0 Å². The van der Waals surface area contributed by atoms with Crippen molar-refractivity contribution in [3.05, 3.63) is 83.7 Å². The third-order valence-electron chi connectivity index (χ3n) is 5.76. The molecule has 0 radical (unpaired) electrons. The van der Waals surface area contributed by atoms with Crippen LogP contribution in [0.15, 0.2) is 67.0 Å². The second kappa shape index (κ2) is 8.22. The van der Waals surface area contributed by atoms with Crippen molar-refractivity contribution in [1.29, 1.82) is 0 Å². The van der Waals surface area contributed by atoms with Gasteiger partial charge in [0.2, 0.25) is 5.91 Å². The number of rotatable bonds is 7. The normalized spacial score (nSPS) is 19.4. The average Bonchev–Trinajstić information content (AvgIpc) is 3.56. The molecule has 4 rings (SSSR count). The molecule has 3 aromatic rings. The van der Waals surface area contributed by atoms with Crippen LogP contribution in [-0.4, -0.2) is 30.9 Å². The number of aromatic nitrogens is 1. The maximum absolute atomic E-state index is 13.7. The van der Waals surface area contributed by atoms with Gasteiger partial charge >= 0.3 is 0 Å². The number of Topliss-reactive ketones (excluding diaryl/α,β-unsaturated/α-hetero) is 1. The maximum Gasteiger partial charge on any atom is 0.228 e. The highest BCUT2D eigenvalue weighted by Gasteiger charge is 2.64. The van der Waals surface area contributed by atoms with Gasteiger partial charge < -0.3 is 14.8 Å². The van der Waals surface area contributed by atoms with Crippen LogP contribution in [0, 0.1) is 12.8 Å². The molecular formula is C25H24N2O4. The SMILES string of the molecule is COc1ccc(C(=O)C2(c3ccccc3)CC2C(=O)Nc2cncc(C)c2)cc1OC. The molecule has 1 saturated carbocycles. The standard InChI is InChI=1S/C25H24N2O4/c1-16-11-19(15-26-14-16)27-24(29)20-13-25(20,18-7-5-4-6-8-18)23(28)17-9-10-21(30-2)22(12-17)31-3/h4-12,14-15,20H,13H2,1-3H3,(H,27,29). The lowest BCUT2D eigenvalue weighted by molar-refractivity contribution is -0.117. The zero-order valence-electron chi connectivity index (χ0n) is 17.7. The summed E-state index contributed by atoms with van der Waals surface area (Å²) in [4.78, 5) is 31.0. The Hall–Kier alpha value is -3.67. The second-order valence-electron chi connectivity index (χ2n) is 7.73. The van der Waals surface area contributed by atoms with Gasteiger partial charge in [-0.15, -0.1) is 0 Å². The summed E-state index contributed by atoms with van der Waals surface area (Å²) < 4.78 is 10.7. The molecule has 31 heavy (non-hydrogen) atoms. The van der Waals surface area contributed by atoms with Crippen molar-refractivity contribution >= 4 is 17.4 Å². The van der Waals surface area contributed by atoms with E-state index in [4.69, 9.17) is 9.47 Å². The summed E-state index contributed by atoms with van der Waals surface area (Å²) in [5, 5.41) is 2.92. The van der Waals surface area contributed by atoms with Crippen molar-refractivity contribution in [3.63, 3.8) is 0 Å². The van der Waals surface area contributed by atoms with Crippen LogP contribution in [0.2, 0.25) is 0 Å². The fourth-order valence-corrected chi connectivity index (χ4v) is 4.10. The van der Waals surface area contributed by atoms with E-state index in [1.165, 1.54) is 7.11 Å². The number of ketones is 1. The van der Waals surface area contributed by atoms with E-state index in [0.29, 0.717) is 29.2 Å². The lowest BCUT2D eigenvalue weighted by Gasteiger charge is -2.18. The van der Waals surface area contributed by atoms with Crippen molar-refractivity contribution in [2.75, 3.05) is 19.5 Å². The topological polar surface area (TPSA) is 77.5 Å². The molecule has 1 heterocycles. The highest BCUT2D eigenvalue weighted by molar-refractivity contribution is 6.12. The van der Waals surface area contributed by atoms with E-state index in [9.17, 15) is 9.59 Å². The number of benzene rings is 2. The quantitative estimate of drug-likeness (QED) is 0.585. The third kappa shape index (κ3) is 3.77. The summed E-state index contributed by atoms with van der Waals surface area (Å²) in [6.07, 6.45) is 3.77. The molecule has 158 valence electrons. The second-order valence-corrected chi connectivity index (χ2v) is 7.73. The summed E-state index contributed by atoms with van der Waals surface area (Å²) in [6.45, 7) is 1.91. The molecule has 0 aliphatic heterocycles. The molecule has 6 heteroatoms. The Labute approximate surface area is 181 Å². The summed E-state index contributed by atoms with van der Waals surface area (Å²) in [5.74, 6) is 0.247. The minimum absolute atomic E-state index is 0.109. The zero-order chi connectivity index (χ0) is 22.0. The Morgan fingerprint density at radius 1 is 1.00 bits per heavy atom. The van der Waals surface area contributed by atoms with Crippen LogP contribution in [-0.2, 0) is 10.2 Å². The number of anilines is 1. The van der Waals surface area contributed by atoms with Crippen LogP contribution in [0.25, 0.3) is 0 Å². The number of nitrogens with zero attached hydrogens (tertiary/aromatic N) is 1. The average molecular weight is 416 g/mol. The van der Waals surface area contributed by atoms with Crippen molar-refractivity contribution in [1.82, 2.24) is 4.98 Å². The highest BCUT2D eigenvalue weighted by atomic mass is 16.5. The van der Waals surface area contributed by atoms with E-state index in [0.717, 1.165) is 11.1 Å². The highest BCUT2D eigenvalue weighted by Crippen LogP contribution is 2.57. The van der Waals surface area contributed by atoms with Crippen LogP contribution in [0.5, 0.6) is 11.5 Å². The number of methoxy groups -OCH3 is 2. The van der Waals surface area contributed by atoms with E-state index in [2.05, 4.69) is 10.3 Å². The number of hydrogen-bond donors (Lipinski definition) is 1. The first kappa shape index (κ1) is 20.6. The molecule has 1 amide bonds. The molecule has 1 N–H and O–H groups in total. The molecule has 1 aromatic heterocycles. The van der Waals surface area contributed by atoms with Crippen molar-refractivity contribution in [2.45, 2.75) is 18.8 Å². The Kier molecular flexibility index (Phi) is 5.46. The number of pyridine rings is 1. The van der Waals surface area contributed by atoms with E-state index >= 15 is 0 Å². The van der Waals surface area contributed by atoms with Crippen LogP contribution < -0.4 is 14.8 Å². The van der Waals surface area contributed by atoms with E-state index < -0.39 is 11.3 Å². The Morgan fingerprint density at radius 3 is 2.42 bits per heavy atom. The number of nitrogens with one attached hydrogen (secondary N) is 1. The maximum atomic E-state index is 13.7. The number of ether oxygens (including phenoxy) is 2. The van der Waals surface area contributed by atoms with Gasteiger partial charge in [0, 0.05) is 11.8 Å². The number of hydrogen-bond acceptors (Lipinski definition) is 5. The molecule has 6 nitrogen and oxygen atoms in total. The van der Waals surface area contributed by atoms with Crippen LogP contribution in [0.3, 0.4) is 0 Å². The van der Waals surface area contributed by atoms with Gasteiger partial charge in [-0.2, -0.15) is 0 Å². The molecule has 1 aliphatic rings. The van der Waals surface area contributed by atoms with Gasteiger partial charge in [0.25, 0.3) is 0 Å². The predicted octanol–water partition coefficient (Wildman–Crippen LogP) is 4.19. The van der Waals surface area contributed by atoms with Gasteiger partial charge in [-0.1, -0.05) is 30.3 Å². The van der Waals surface area contributed by atoms with Gasteiger partial charge in [-0.05, 0) is 48.7 Å². The van der Waals surface area contributed by atoms with Crippen LogP contribution in [0.4, 0.5) is 5.69 Å². The minimum Gasteiger partial charge on any atom is -0.493 e. The number of amides is 1.